The average molecular weight is 356 g/mol. The zero-order valence-electron chi connectivity index (χ0n) is 14.9. The monoisotopic (exact) mass is 355 g/mol. The van der Waals surface area contributed by atoms with E-state index in [4.69, 9.17) is 0 Å². The topological polar surface area (TPSA) is 28.2 Å². The smallest absolute Gasteiger partial charge is 0.0544 e. The van der Waals surface area contributed by atoms with E-state index in [1.165, 1.54) is 36.3 Å². The SMILES string of the molecule is c1ccc(CSCCN(Cc2ccccn2)C2CCCNCC2)cc1. The molecule has 0 spiro atoms. The molecule has 134 valence electrons. The third-order valence-corrected chi connectivity index (χ3v) is 5.80. The highest BCUT2D eigenvalue weighted by Crippen LogP contribution is 2.18. The minimum atomic E-state index is 0.675. The predicted molar refractivity (Wildman–Crippen MR) is 108 cm³/mol. The minimum absolute atomic E-state index is 0.675. The van der Waals surface area contributed by atoms with E-state index in [-0.39, 0.29) is 0 Å². The summed E-state index contributed by atoms with van der Waals surface area (Å²) in [5.74, 6) is 2.27. The lowest BCUT2D eigenvalue weighted by Crippen LogP contribution is -2.37. The van der Waals surface area contributed by atoms with Crippen LogP contribution in [0.2, 0.25) is 0 Å². The van der Waals surface area contributed by atoms with Crippen molar-refractivity contribution in [1.82, 2.24) is 15.2 Å². The number of pyridine rings is 1. The van der Waals surface area contributed by atoms with Crippen LogP contribution in [0.15, 0.2) is 54.7 Å². The van der Waals surface area contributed by atoms with Crippen LogP contribution in [-0.2, 0) is 12.3 Å². The summed E-state index contributed by atoms with van der Waals surface area (Å²) < 4.78 is 0. The highest BCUT2D eigenvalue weighted by Gasteiger charge is 2.20. The van der Waals surface area contributed by atoms with Crippen molar-refractivity contribution >= 4 is 11.8 Å². The maximum absolute atomic E-state index is 4.55. The maximum atomic E-state index is 4.55. The molecule has 0 bridgehead atoms. The zero-order chi connectivity index (χ0) is 17.2. The van der Waals surface area contributed by atoms with Gasteiger partial charge in [0, 0.05) is 36.8 Å². The van der Waals surface area contributed by atoms with Gasteiger partial charge in [0.1, 0.15) is 0 Å². The molecule has 1 saturated heterocycles. The van der Waals surface area contributed by atoms with Crippen molar-refractivity contribution in [3.8, 4) is 0 Å². The summed E-state index contributed by atoms with van der Waals surface area (Å²) in [6, 6.07) is 17.7. The van der Waals surface area contributed by atoms with Gasteiger partial charge in [-0.1, -0.05) is 36.4 Å². The summed E-state index contributed by atoms with van der Waals surface area (Å²) in [6.07, 6.45) is 5.73. The lowest BCUT2D eigenvalue weighted by molar-refractivity contribution is 0.182. The van der Waals surface area contributed by atoms with Gasteiger partial charge >= 0.3 is 0 Å². The normalized spacial score (nSPS) is 18.2. The van der Waals surface area contributed by atoms with Crippen molar-refractivity contribution in [3.63, 3.8) is 0 Å². The van der Waals surface area contributed by atoms with Crippen LogP contribution in [0.25, 0.3) is 0 Å². The highest BCUT2D eigenvalue weighted by atomic mass is 32.2. The number of aromatic nitrogens is 1. The number of hydrogen-bond acceptors (Lipinski definition) is 4. The summed E-state index contributed by atoms with van der Waals surface area (Å²) in [5.41, 5.74) is 2.61. The molecule has 1 aliphatic heterocycles. The van der Waals surface area contributed by atoms with E-state index in [0.717, 1.165) is 31.9 Å². The van der Waals surface area contributed by atoms with Gasteiger partial charge in [-0.05, 0) is 50.0 Å². The van der Waals surface area contributed by atoms with E-state index in [1.54, 1.807) is 0 Å². The summed E-state index contributed by atoms with van der Waals surface area (Å²) >= 11 is 2.04. The van der Waals surface area contributed by atoms with Gasteiger partial charge in [-0.15, -0.1) is 0 Å². The Morgan fingerprint density at radius 3 is 2.76 bits per heavy atom. The largest absolute Gasteiger partial charge is 0.317 e. The zero-order valence-corrected chi connectivity index (χ0v) is 15.8. The molecule has 3 nitrogen and oxygen atoms in total. The van der Waals surface area contributed by atoms with E-state index in [9.17, 15) is 0 Å². The molecule has 25 heavy (non-hydrogen) atoms. The van der Waals surface area contributed by atoms with Gasteiger partial charge in [0.05, 0.1) is 5.69 Å². The van der Waals surface area contributed by atoms with Gasteiger partial charge in [0.15, 0.2) is 0 Å². The lowest BCUT2D eigenvalue weighted by atomic mass is 10.1. The van der Waals surface area contributed by atoms with Crippen molar-refractivity contribution in [3.05, 3.63) is 66.0 Å². The van der Waals surface area contributed by atoms with Gasteiger partial charge < -0.3 is 5.32 Å². The highest BCUT2D eigenvalue weighted by molar-refractivity contribution is 7.98. The number of hydrogen-bond donors (Lipinski definition) is 1. The van der Waals surface area contributed by atoms with Crippen LogP contribution < -0.4 is 5.32 Å². The van der Waals surface area contributed by atoms with Crippen LogP contribution in [0.1, 0.15) is 30.5 Å². The molecule has 1 aliphatic rings. The lowest BCUT2D eigenvalue weighted by Gasteiger charge is -2.30. The number of nitrogens with one attached hydrogen (secondary N) is 1. The molecule has 1 N–H and O–H groups in total. The first-order valence-electron chi connectivity index (χ1n) is 9.38. The second-order valence-electron chi connectivity index (χ2n) is 6.66. The third-order valence-electron chi connectivity index (χ3n) is 4.79. The second kappa shape index (κ2) is 10.6. The molecule has 0 amide bonds. The Kier molecular flexibility index (Phi) is 7.81. The number of rotatable bonds is 8. The molecular formula is C21H29N3S. The summed E-state index contributed by atoms with van der Waals surface area (Å²) in [4.78, 5) is 7.21. The van der Waals surface area contributed by atoms with Crippen LogP contribution in [0.5, 0.6) is 0 Å². The predicted octanol–water partition coefficient (Wildman–Crippen LogP) is 3.96. The molecule has 4 heteroatoms. The van der Waals surface area contributed by atoms with Crippen LogP contribution in [0.4, 0.5) is 0 Å². The summed E-state index contributed by atoms with van der Waals surface area (Å²) in [5, 5.41) is 3.54. The Morgan fingerprint density at radius 2 is 1.92 bits per heavy atom. The van der Waals surface area contributed by atoms with Crippen molar-refractivity contribution in [2.75, 3.05) is 25.4 Å². The van der Waals surface area contributed by atoms with Crippen LogP contribution in [-0.4, -0.2) is 41.3 Å². The Labute approximate surface area is 156 Å². The van der Waals surface area contributed by atoms with E-state index < -0.39 is 0 Å². The quantitative estimate of drug-likeness (QED) is 0.726. The molecule has 2 aromatic rings. The third kappa shape index (κ3) is 6.46. The first kappa shape index (κ1) is 18.4. The average Bonchev–Trinajstić information content (AvgIpc) is 2.95. The van der Waals surface area contributed by atoms with Gasteiger partial charge in [-0.3, -0.25) is 9.88 Å². The van der Waals surface area contributed by atoms with Gasteiger partial charge in [0.2, 0.25) is 0 Å². The van der Waals surface area contributed by atoms with Crippen LogP contribution in [0, 0.1) is 0 Å². The minimum Gasteiger partial charge on any atom is -0.317 e. The van der Waals surface area contributed by atoms with Crippen molar-refractivity contribution in [2.45, 2.75) is 37.6 Å². The fraction of sp³-hybridized carbons (Fsp3) is 0.476. The molecule has 0 aliphatic carbocycles. The summed E-state index contributed by atoms with van der Waals surface area (Å²) in [7, 11) is 0. The Balaban J connectivity index is 1.53. The molecule has 1 aromatic heterocycles. The van der Waals surface area contributed by atoms with E-state index >= 15 is 0 Å². The number of benzene rings is 1. The summed E-state index contributed by atoms with van der Waals surface area (Å²) in [6.45, 7) is 4.41. The fourth-order valence-corrected chi connectivity index (χ4v) is 4.34. The molecule has 1 unspecified atom stereocenters. The first-order valence-corrected chi connectivity index (χ1v) is 10.5. The first-order chi connectivity index (χ1) is 12.4. The fourth-order valence-electron chi connectivity index (χ4n) is 3.40. The van der Waals surface area contributed by atoms with Crippen LogP contribution >= 0.6 is 11.8 Å². The Hall–Kier alpha value is -1.36. The van der Waals surface area contributed by atoms with Crippen molar-refractivity contribution < 1.29 is 0 Å². The molecule has 1 aromatic carbocycles. The molecule has 1 fully saturated rings. The van der Waals surface area contributed by atoms with Gasteiger partial charge in [-0.2, -0.15) is 11.8 Å². The van der Waals surface area contributed by atoms with E-state index in [0.29, 0.717) is 6.04 Å². The molecule has 2 heterocycles. The molecular weight excluding hydrogens is 326 g/mol. The van der Waals surface area contributed by atoms with Crippen molar-refractivity contribution in [2.24, 2.45) is 0 Å². The van der Waals surface area contributed by atoms with Gasteiger partial charge in [0.25, 0.3) is 0 Å². The molecule has 3 rings (SSSR count). The standard InChI is InChI=1S/C21H29N3S/c1-2-7-19(8-3-1)18-25-16-15-24(17-20-9-4-5-13-23-20)21-10-6-12-22-14-11-21/h1-5,7-9,13,21-22H,6,10-12,14-18H2. The van der Waals surface area contributed by atoms with E-state index in [2.05, 4.69) is 57.7 Å². The Morgan fingerprint density at radius 1 is 1.04 bits per heavy atom. The van der Waals surface area contributed by atoms with Crippen LogP contribution in [0.3, 0.4) is 0 Å². The number of nitrogens with zero attached hydrogens (tertiary/aromatic N) is 2. The molecule has 1 atom stereocenters. The van der Waals surface area contributed by atoms with Crippen molar-refractivity contribution in [1.29, 1.82) is 0 Å². The molecule has 0 saturated carbocycles. The second-order valence-corrected chi connectivity index (χ2v) is 7.77. The van der Waals surface area contributed by atoms with E-state index in [1.807, 2.05) is 24.0 Å². The molecule has 0 radical (unpaired) electrons. The maximum Gasteiger partial charge on any atom is 0.0544 e. The Bertz CT molecular complexity index is 583. The van der Waals surface area contributed by atoms with Gasteiger partial charge in [-0.25, -0.2) is 0 Å². The number of thioether (sulfide) groups is 1.